The minimum absolute atomic E-state index is 0.139. The Hall–Kier alpha value is -3.33. The minimum atomic E-state index is -3.87. The summed E-state index contributed by atoms with van der Waals surface area (Å²) in [6.45, 7) is 8.77. The van der Waals surface area contributed by atoms with Crippen LogP contribution in [0.3, 0.4) is 0 Å². The SMILES string of the molecule is Cc1ccc(Nc2nnc(-c3ccc(C)c(S(=O)(=O)NC(C)(C)CO)c3)c3ccccc23)c(C)c1. The fourth-order valence-electron chi connectivity index (χ4n) is 3.98. The van der Waals surface area contributed by atoms with E-state index in [1.54, 1.807) is 32.9 Å². The van der Waals surface area contributed by atoms with Crippen molar-refractivity contribution in [2.75, 3.05) is 11.9 Å². The number of aliphatic hydroxyl groups is 1. The number of sulfonamides is 1. The predicted octanol–water partition coefficient (Wildman–Crippen LogP) is 5.01. The Morgan fingerprint density at radius 2 is 1.60 bits per heavy atom. The fourth-order valence-corrected chi connectivity index (χ4v) is 5.65. The summed E-state index contributed by atoms with van der Waals surface area (Å²) >= 11 is 0. The van der Waals surface area contributed by atoms with Crippen LogP contribution in [-0.4, -0.2) is 35.9 Å². The van der Waals surface area contributed by atoms with Crippen molar-refractivity contribution < 1.29 is 13.5 Å². The van der Waals surface area contributed by atoms with Crippen LogP contribution >= 0.6 is 0 Å². The van der Waals surface area contributed by atoms with Gasteiger partial charge in [0.15, 0.2) is 5.82 Å². The highest BCUT2D eigenvalue weighted by molar-refractivity contribution is 7.89. The summed E-state index contributed by atoms with van der Waals surface area (Å²) in [6.07, 6.45) is 0. The number of hydrogen-bond acceptors (Lipinski definition) is 6. The summed E-state index contributed by atoms with van der Waals surface area (Å²) in [4.78, 5) is 0.139. The van der Waals surface area contributed by atoms with Gasteiger partial charge in [-0.1, -0.05) is 54.1 Å². The van der Waals surface area contributed by atoms with E-state index in [2.05, 4.69) is 33.2 Å². The van der Waals surface area contributed by atoms with Gasteiger partial charge in [-0.15, -0.1) is 10.2 Å². The molecule has 1 heterocycles. The topological polar surface area (TPSA) is 104 Å². The van der Waals surface area contributed by atoms with Crippen LogP contribution in [0.5, 0.6) is 0 Å². The lowest BCUT2D eigenvalue weighted by molar-refractivity contribution is 0.208. The predicted molar refractivity (Wildman–Crippen MR) is 140 cm³/mol. The van der Waals surface area contributed by atoms with E-state index in [-0.39, 0.29) is 11.5 Å². The maximum atomic E-state index is 13.1. The van der Waals surface area contributed by atoms with Gasteiger partial charge >= 0.3 is 0 Å². The zero-order chi connectivity index (χ0) is 25.4. The molecule has 3 aromatic carbocycles. The number of fused-ring (bicyclic) bond motifs is 1. The molecule has 3 N–H and O–H groups in total. The zero-order valence-electron chi connectivity index (χ0n) is 20.5. The van der Waals surface area contributed by atoms with Crippen molar-refractivity contribution in [3.63, 3.8) is 0 Å². The van der Waals surface area contributed by atoms with Crippen molar-refractivity contribution >= 4 is 32.3 Å². The maximum absolute atomic E-state index is 13.1. The molecular weight excluding hydrogens is 460 g/mol. The Morgan fingerprint density at radius 1 is 0.886 bits per heavy atom. The van der Waals surface area contributed by atoms with Crippen LogP contribution in [0.15, 0.2) is 65.6 Å². The van der Waals surface area contributed by atoms with Gasteiger partial charge in [0, 0.05) is 22.0 Å². The van der Waals surface area contributed by atoms with Crippen LogP contribution in [-0.2, 0) is 10.0 Å². The molecule has 4 rings (SSSR count). The summed E-state index contributed by atoms with van der Waals surface area (Å²) in [5.74, 6) is 0.627. The van der Waals surface area contributed by atoms with Gasteiger partial charge in [0.1, 0.15) is 5.69 Å². The number of benzene rings is 3. The van der Waals surface area contributed by atoms with Crippen molar-refractivity contribution in [3.05, 3.63) is 77.4 Å². The quantitative estimate of drug-likeness (QED) is 0.336. The van der Waals surface area contributed by atoms with Crippen LogP contribution in [0.25, 0.3) is 22.0 Å². The van der Waals surface area contributed by atoms with Gasteiger partial charge in [0.2, 0.25) is 10.0 Å². The number of aromatic nitrogens is 2. The molecule has 4 aromatic rings. The van der Waals surface area contributed by atoms with Gasteiger partial charge in [-0.2, -0.15) is 0 Å². The third-order valence-corrected chi connectivity index (χ3v) is 7.72. The summed E-state index contributed by atoms with van der Waals surface area (Å²) in [7, 11) is -3.87. The van der Waals surface area contributed by atoms with E-state index >= 15 is 0 Å². The Morgan fingerprint density at radius 3 is 2.29 bits per heavy atom. The number of nitrogens with zero attached hydrogens (tertiary/aromatic N) is 2. The third-order valence-electron chi connectivity index (χ3n) is 5.88. The van der Waals surface area contributed by atoms with E-state index in [0.29, 0.717) is 22.6 Å². The van der Waals surface area contributed by atoms with E-state index in [4.69, 9.17) is 0 Å². The normalized spacial score (nSPS) is 12.2. The number of hydrogen-bond donors (Lipinski definition) is 3. The van der Waals surface area contributed by atoms with E-state index < -0.39 is 15.6 Å². The van der Waals surface area contributed by atoms with E-state index in [1.807, 2.05) is 49.4 Å². The Kier molecular flexibility index (Phi) is 6.64. The standard InChI is InChI=1S/C27H30N4O3S/c1-17-10-13-23(19(3)14-17)28-26-22-9-7-6-8-21(22)25(29-30-26)20-12-11-18(2)24(15-20)35(33,34)31-27(4,5)16-32/h6-15,31-32H,16H2,1-5H3,(H,28,30). The van der Waals surface area contributed by atoms with Gasteiger partial charge in [0.05, 0.1) is 17.0 Å². The summed E-state index contributed by atoms with van der Waals surface area (Å²) in [5.41, 5.74) is 4.07. The molecule has 0 bridgehead atoms. The average Bonchev–Trinajstić information content (AvgIpc) is 2.80. The lowest BCUT2D eigenvalue weighted by Crippen LogP contribution is -2.46. The highest BCUT2D eigenvalue weighted by Gasteiger charge is 2.27. The lowest BCUT2D eigenvalue weighted by atomic mass is 10.0. The van der Waals surface area contributed by atoms with Gasteiger partial charge in [-0.3, -0.25) is 0 Å². The molecule has 8 heteroatoms. The molecule has 182 valence electrons. The number of aryl methyl sites for hydroxylation is 3. The molecule has 0 saturated heterocycles. The first-order valence-electron chi connectivity index (χ1n) is 11.4. The number of rotatable bonds is 7. The van der Waals surface area contributed by atoms with Crippen LogP contribution < -0.4 is 10.0 Å². The van der Waals surface area contributed by atoms with Gasteiger partial charge in [-0.05, 0) is 57.9 Å². The lowest BCUT2D eigenvalue weighted by Gasteiger charge is -2.24. The molecule has 0 amide bonds. The monoisotopic (exact) mass is 490 g/mol. The first kappa shape index (κ1) is 24.8. The first-order valence-corrected chi connectivity index (χ1v) is 12.8. The van der Waals surface area contributed by atoms with Crippen molar-refractivity contribution in [1.29, 1.82) is 0 Å². The highest BCUT2D eigenvalue weighted by atomic mass is 32.2. The Labute approximate surface area is 206 Å². The first-order chi connectivity index (χ1) is 16.5. The van der Waals surface area contributed by atoms with E-state index in [1.165, 1.54) is 5.56 Å². The minimum Gasteiger partial charge on any atom is -0.394 e. The summed E-state index contributed by atoms with van der Waals surface area (Å²) < 4.78 is 28.8. The molecule has 0 aliphatic heterocycles. The largest absolute Gasteiger partial charge is 0.394 e. The summed E-state index contributed by atoms with van der Waals surface area (Å²) in [5, 5.41) is 23.6. The Bertz CT molecular complexity index is 1510. The average molecular weight is 491 g/mol. The number of aliphatic hydroxyl groups excluding tert-OH is 1. The molecule has 0 atom stereocenters. The van der Waals surface area contributed by atoms with Crippen molar-refractivity contribution in [1.82, 2.24) is 14.9 Å². The van der Waals surface area contributed by atoms with Crippen molar-refractivity contribution in [3.8, 4) is 11.3 Å². The van der Waals surface area contributed by atoms with Gasteiger partial charge in [0.25, 0.3) is 0 Å². The molecule has 35 heavy (non-hydrogen) atoms. The molecule has 0 fully saturated rings. The van der Waals surface area contributed by atoms with E-state index in [9.17, 15) is 13.5 Å². The molecule has 0 saturated carbocycles. The van der Waals surface area contributed by atoms with Crippen LogP contribution in [0, 0.1) is 20.8 Å². The van der Waals surface area contributed by atoms with Crippen molar-refractivity contribution in [2.24, 2.45) is 0 Å². The molecule has 1 aromatic heterocycles. The molecule has 0 spiro atoms. The molecule has 0 unspecified atom stereocenters. The zero-order valence-corrected chi connectivity index (χ0v) is 21.4. The molecule has 7 nitrogen and oxygen atoms in total. The van der Waals surface area contributed by atoms with E-state index in [0.717, 1.165) is 22.0 Å². The second kappa shape index (κ2) is 9.37. The smallest absolute Gasteiger partial charge is 0.241 e. The third kappa shape index (κ3) is 5.19. The van der Waals surface area contributed by atoms with Crippen molar-refractivity contribution in [2.45, 2.75) is 45.1 Å². The number of nitrogens with one attached hydrogen (secondary N) is 2. The summed E-state index contributed by atoms with van der Waals surface area (Å²) in [6, 6.07) is 19.2. The second-order valence-corrected chi connectivity index (χ2v) is 11.2. The molecule has 0 aliphatic rings. The van der Waals surface area contributed by atoms with Crippen LogP contribution in [0.2, 0.25) is 0 Å². The number of anilines is 2. The molecule has 0 aliphatic carbocycles. The molecule has 0 radical (unpaired) electrons. The van der Waals surface area contributed by atoms with Gasteiger partial charge in [-0.25, -0.2) is 13.1 Å². The fraction of sp³-hybridized carbons (Fsp3) is 0.259. The maximum Gasteiger partial charge on any atom is 0.241 e. The Balaban J connectivity index is 1.80. The second-order valence-electron chi connectivity index (χ2n) is 9.51. The van der Waals surface area contributed by atoms with Crippen LogP contribution in [0.1, 0.15) is 30.5 Å². The highest BCUT2D eigenvalue weighted by Crippen LogP contribution is 2.33. The van der Waals surface area contributed by atoms with Gasteiger partial charge < -0.3 is 10.4 Å². The molecular formula is C27H30N4O3S. The van der Waals surface area contributed by atoms with Crippen LogP contribution in [0.4, 0.5) is 11.5 Å².